The molecule has 3 heteroatoms. The number of nitrogens with two attached hydrogens (primary N) is 1. The third kappa shape index (κ3) is 2.87. The SMILES string of the molecule is COc1ccc(CC(N)c2ccccc2)c(F)c1. The summed E-state index contributed by atoms with van der Waals surface area (Å²) >= 11 is 0. The van der Waals surface area contributed by atoms with Crippen molar-refractivity contribution in [1.82, 2.24) is 0 Å². The molecular weight excluding hydrogens is 229 g/mol. The lowest BCUT2D eigenvalue weighted by molar-refractivity contribution is 0.410. The van der Waals surface area contributed by atoms with Crippen molar-refractivity contribution in [2.45, 2.75) is 12.5 Å². The van der Waals surface area contributed by atoms with Crippen LogP contribution in [0.15, 0.2) is 48.5 Å². The van der Waals surface area contributed by atoms with Gasteiger partial charge in [-0.05, 0) is 23.6 Å². The minimum absolute atomic E-state index is 0.200. The maximum Gasteiger partial charge on any atom is 0.130 e. The molecule has 0 fully saturated rings. The fraction of sp³-hybridized carbons (Fsp3) is 0.200. The monoisotopic (exact) mass is 245 g/mol. The van der Waals surface area contributed by atoms with Gasteiger partial charge in [0.05, 0.1) is 7.11 Å². The van der Waals surface area contributed by atoms with Gasteiger partial charge in [0.25, 0.3) is 0 Å². The highest BCUT2D eigenvalue weighted by molar-refractivity contribution is 5.30. The largest absolute Gasteiger partial charge is 0.497 e. The van der Waals surface area contributed by atoms with Crippen LogP contribution in [0.4, 0.5) is 4.39 Å². The van der Waals surface area contributed by atoms with E-state index in [2.05, 4.69) is 0 Å². The molecule has 0 aliphatic heterocycles. The van der Waals surface area contributed by atoms with E-state index < -0.39 is 0 Å². The summed E-state index contributed by atoms with van der Waals surface area (Å²) in [6.45, 7) is 0. The average Bonchev–Trinajstić information content (AvgIpc) is 2.42. The zero-order chi connectivity index (χ0) is 13.0. The number of rotatable bonds is 4. The minimum Gasteiger partial charge on any atom is -0.497 e. The number of halogens is 1. The van der Waals surface area contributed by atoms with Gasteiger partial charge in [-0.15, -0.1) is 0 Å². The summed E-state index contributed by atoms with van der Waals surface area (Å²) in [7, 11) is 1.52. The molecule has 0 aliphatic rings. The third-order valence-electron chi connectivity index (χ3n) is 2.93. The zero-order valence-electron chi connectivity index (χ0n) is 10.3. The molecule has 2 nitrogen and oxygen atoms in total. The molecule has 0 saturated heterocycles. The first-order valence-corrected chi connectivity index (χ1v) is 5.83. The number of methoxy groups -OCH3 is 1. The van der Waals surface area contributed by atoms with Crippen LogP contribution in [0, 0.1) is 5.82 Å². The molecule has 94 valence electrons. The van der Waals surface area contributed by atoms with E-state index in [9.17, 15) is 4.39 Å². The number of benzene rings is 2. The van der Waals surface area contributed by atoms with Crippen molar-refractivity contribution < 1.29 is 9.13 Å². The van der Waals surface area contributed by atoms with Crippen LogP contribution in [-0.4, -0.2) is 7.11 Å². The van der Waals surface area contributed by atoms with Gasteiger partial charge in [-0.3, -0.25) is 0 Å². The number of hydrogen-bond acceptors (Lipinski definition) is 2. The van der Waals surface area contributed by atoms with Crippen LogP contribution in [-0.2, 0) is 6.42 Å². The number of ether oxygens (including phenoxy) is 1. The van der Waals surface area contributed by atoms with Gasteiger partial charge in [0.2, 0.25) is 0 Å². The lowest BCUT2D eigenvalue weighted by Crippen LogP contribution is -2.14. The molecule has 0 aliphatic carbocycles. The standard InChI is InChI=1S/C15H16FNO/c1-18-13-8-7-12(14(16)10-13)9-15(17)11-5-3-2-4-6-11/h2-8,10,15H,9,17H2,1H3. The van der Waals surface area contributed by atoms with Crippen LogP contribution >= 0.6 is 0 Å². The summed E-state index contributed by atoms with van der Waals surface area (Å²) < 4.78 is 18.7. The van der Waals surface area contributed by atoms with E-state index in [1.807, 2.05) is 30.3 Å². The second-order valence-corrected chi connectivity index (χ2v) is 4.18. The van der Waals surface area contributed by atoms with E-state index in [1.54, 1.807) is 12.1 Å². The summed E-state index contributed by atoms with van der Waals surface area (Å²) in [5.41, 5.74) is 7.68. The fourth-order valence-corrected chi connectivity index (χ4v) is 1.88. The maximum atomic E-state index is 13.8. The van der Waals surface area contributed by atoms with E-state index >= 15 is 0 Å². The molecule has 2 rings (SSSR count). The topological polar surface area (TPSA) is 35.2 Å². The summed E-state index contributed by atoms with van der Waals surface area (Å²) in [6.07, 6.45) is 0.472. The van der Waals surface area contributed by atoms with Gasteiger partial charge in [-0.2, -0.15) is 0 Å². The van der Waals surface area contributed by atoms with Crippen molar-refractivity contribution in [3.63, 3.8) is 0 Å². The highest BCUT2D eigenvalue weighted by atomic mass is 19.1. The van der Waals surface area contributed by atoms with E-state index in [0.29, 0.717) is 17.7 Å². The fourth-order valence-electron chi connectivity index (χ4n) is 1.88. The predicted octanol–water partition coefficient (Wildman–Crippen LogP) is 3.08. The van der Waals surface area contributed by atoms with Gasteiger partial charge in [-0.1, -0.05) is 36.4 Å². The Morgan fingerprint density at radius 3 is 2.50 bits per heavy atom. The van der Waals surface area contributed by atoms with Crippen LogP contribution in [0.5, 0.6) is 5.75 Å². The van der Waals surface area contributed by atoms with E-state index in [4.69, 9.17) is 10.5 Å². The van der Waals surface area contributed by atoms with E-state index in [1.165, 1.54) is 13.2 Å². The smallest absolute Gasteiger partial charge is 0.130 e. The molecular formula is C15H16FNO. The molecule has 0 bridgehead atoms. The summed E-state index contributed by atoms with van der Waals surface area (Å²) in [5.74, 6) is 0.241. The van der Waals surface area contributed by atoms with Crippen LogP contribution in [0.2, 0.25) is 0 Å². The summed E-state index contributed by atoms with van der Waals surface area (Å²) in [4.78, 5) is 0. The van der Waals surface area contributed by atoms with Crippen molar-refractivity contribution in [1.29, 1.82) is 0 Å². The van der Waals surface area contributed by atoms with Crippen LogP contribution in [0.3, 0.4) is 0 Å². The highest BCUT2D eigenvalue weighted by Crippen LogP contribution is 2.21. The lowest BCUT2D eigenvalue weighted by atomic mass is 9.99. The molecule has 0 spiro atoms. The molecule has 2 aromatic carbocycles. The highest BCUT2D eigenvalue weighted by Gasteiger charge is 2.10. The molecule has 1 unspecified atom stereocenters. The predicted molar refractivity (Wildman–Crippen MR) is 70.0 cm³/mol. The normalized spacial score (nSPS) is 12.2. The molecule has 0 heterocycles. The molecule has 0 amide bonds. The molecule has 0 radical (unpaired) electrons. The van der Waals surface area contributed by atoms with Crippen molar-refractivity contribution in [3.05, 3.63) is 65.5 Å². The van der Waals surface area contributed by atoms with Gasteiger partial charge in [-0.25, -0.2) is 4.39 Å². The summed E-state index contributed by atoms with van der Waals surface area (Å²) in [6, 6.07) is 14.3. The number of hydrogen-bond donors (Lipinski definition) is 1. The van der Waals surface area contributed by atoms with Gasteiger partial charge in [0, 0.05) is 12.1 Å². The van der Waals surface area contributed by atoms with Crippen LogP contribution < -0.4 is 10.5 Å². The first-order chi connectivity index (χ1) is 8.70. The molecule has 0 aromatic heterocycles. The molecule has 2 N–H and O–H groups in total. The Balaban J connectivity index is 2.14. The Hall–Kier alpha value is -1.87. The van der Waals surface area contributed by atoms with Gasteiger partial charge in [0.1, 0.15) is 11.6 Å². The Kier molecular flexibility index (Phi) is 3.95. The van der Waals surface area contributed by atoms with Crippen LogP contribution in [0.25, 0.3) is 0 Å². The van der Waals surface area contributed by atoms with Crippen molar-refractivity contribution in [2.24, 2.45) is 5.73 Å². The zero-order valence-corrected chi connectivity index (χ0v) is 10.3. The van der Waals surface area contributed by atoms with Gasteiger partial charge in [0.15, 0.2) is 0 Å². The molecule has 18 heavy (non-hydrogen) atoms. The Labute approximate surface area is 106 Å². The minimum atomic E-state index is -0.277. The Bertz CT molecular complexity index is 513. The Morgan fingerprint density at radius 1 is 1.17 bits per heavy atom. The second-order valence-electron chi connectivity index (χ2n) is 4.18. The summed E-state index contributed by atoms with van der Waals surface area (Å²) in [5, 5.41) is 0. The molecule has 2 aromatic rings. The van der Waals surface area contributed by atoms with Gasteiger partial charge >= 0.3 is 0 Å². The van der Waals surface area contributed by atoms with Crippen LogP contribution in [0.1, 0.15) is 17.2 Å². The maximum absolute atomic E-state index is 13.8. The molecule has 0 saturated carbocycles. The van der Waals surface area contributed by atoms with Crippen molar-refractivity contribution in [3.8, 4) is 5.75 Å². The lowest BCUT2D eigenvalue weighted by Gasteiger charge is -2.13. The van der Waals surface area contributed by atoms with E-state index in [-0.39, 0.29) is 11.9 Å². The molecule has 1 atom stereocenters. The van der Waals surface area contributed by atoms with Gasteiger partial charge < -0.3 is 10.5 Å². The first kappa shape index (κ1) is 12.6. The third-order valence-corrected chi connectivity index (χ3v) is 2.93. The average molecular weight is 245 g/mol. The Morgan fingerprint density at radius 2 is 1.89 bits per heavy atom. The first-order valence-electron chi connectivity index (χ1n) is 5.83. The van der Waals surface area contributed by atoms with Crippen molar-refractivity contribution in [2.75, 3.05) is 7.11 Å². The quantitative estimate of drug-likeness (QED) is 0.898. The van der Waals surface area contributed by atoms with Crippen molar-refractivity contribution >= 4 is 0 Å². The second kappa shape index (κ2) is 5.65. The van der Waals surface area contributed by atoms with E-state index in [0.717, 1.165) is 5.56 Å².